The van der Waals surface area contributed by atoms with E-state index in [1.54, 1.807) is 0 Å². The molecule has 0 aliphatic heterocycles. The maximum absolute atomic E-state index is 13.3. The second-order valence-corrected chi connectivity index (χ2v) is 7.42. The Morgan fingerprint density at radius 2 is 2.10 bits per heavy atom. The van der Waals surface area contributed by atoms with Gasteiger partial charge in [-0.25, -0.2) is 12.8 Å². The number of rotatable bonds is 6. The van der Waals surface area contributed by atoms with E-state index in [2.05, 4.69) is 0 Å². The molecule has 4 nitrogen and oxygen atoms in total. The summed E-state index contributed by atoms with van der Waals surface area (Å²) in [6.45, 7) is 2.83. The van der Waals surface area contributed by atoms with Gasteiger partial charge in [-0.3, -0.25) is 0 Å². The molecule has 0 saturated heterocycles. The molecule has 2 rings (SSSR count). The Morgan fingerprint density at radius 3 is 2.65 bits per heavy atom. The Kier molecular flexibility index (Phi) is 4.56. The molecule has 0 radical (unpaired) electrons. The van der Waals surface area contributed by atoms with Crippen LogP contribution in [0.5, 0.6) is 0 Å². The Bertz CT molecular complexity index is 603. The van der Waals surface area contributed by atoms with Crippen molar-refractivity contribution in [1.29, 1.82) is 0 Å². The van der Waals surface area contributed by atoms with E-state index in [9.17, 15) is 12.8 Å². The van der Waals surface area contributed by atoms with E-state index < -0.39 is 15.8 Å². The van der Waals surface area contributed by atoms with E-state index in [0.717, 1.165) is 25.0 Å². The molecule has 0 heterocycles. The fourth-order valence-electron chi connectivity index (χ4n) is 2.03. The molecule has 7 heteroatoms. The van der Waals surface area contributed by atoms with Crippen LogP contribution in [-0.4, -0.2) is 25.8 Å². The highest BCUT2D eigenvalue weighted by Gasteiger charge is 2.32. The SMILES string of the molecule is CCCN(CC1CC1)S(=O)(=O)c1cc(N)c(F)cc1Cl. The highest BCUT2D eigenvalue weighted by molar-refractivity contribution is 7.89. The van der Waals surface area contributed by atoms with Crippen LogP contribution in [0.25, 0.3) is 0 Å². The maximum Gasteiger partial charge on any atom is 0.244 e. The number of nitrogen functional groups attached to an aromatic ring is 1. The average molecular weight is 321 g/mol. The molecule has 1 aliphatic carbocycles. The molecule has 0 aromatic heterocycles. The van der Waals surface area contributed by atoms with Crippen LogP contribution in [0, 0.1) is 11.7 Å². The third-order valence-corrected chi connectivity index (χ3v) is 5.63. The largest absolute Gasteiger partial charge is 0.396 e. The summed E-state index contributed by atoms with van der Waals surface area (Å²) in [6, 6.07) is 2.05. The lowest BCUT2D eigenvalue weighted by molar-refractivity contribution is 0.395. The summed E-state index contributed by atoms with van der Waals surface area (Å²) in [7, 11) is -3.73. The monoisotopic (exact) mass is 320 g/mol. The molecule has 1 saturated carbocycles. The number of anilines is 1. The third-order valence-electron chi connectivity index (χ3n) is 3.30. The zero-order chi connectivity index (χ0) is 14.9. The van der Waals surface area contributed by atoms with Gasteiger partial charge in [0.25, 0.3) is 0 Å². The molecule has 1 aliphatic rings. The van der Waals surface area contributed by atoms with Gasteiger partial charge >= 0.3 is 0 Å². The Hall–Kier alpha value is -0.850. The van der Waals surface area contributed by atoms with Crippen molar-refractivity contribution in [2.24, 2.45) is 5.92 Å². The molecule has 1 aromatic carbocycles. The first-order valence-electron chi connectivity index (χ1n) is 6.61. The molecule has 112 valence electrons. The summed E-state index contributed by atoms with van der Waals surface area (Å²) in [4.78, 5) is -0.118. The minimum absolute atomic E-state index is 0.118. The first-order chi connectivity index (χ1) is 9.36. The first-order valence-corrected chi connectivity index (χ1v) is 8.42. The summed E-state index contributed by atoms with van der Waals surface area (Å²) in [6.07, 6.45) is 2.81. The molecular formula is C13H18ClFN2O2S. The highest BCUT2D eigenvalue weighted by Crippen LogP contribution is 2.34. The summed E-state index contributed by atoms with van der Waals surface area (Å²) in [5.41, 5.74) is 5.25. The van der Waals surface area contributed by atoms with Gasteiger partial charge < -0.3 is 5.73 Å². The lowest BCUT2D eigenvalue weighted by Crippen LogP contribution is -2.34. The lowest BCUT2D eigenvalue weighted by Gasteiger charge is -2.22. The molecular weight excluding hydrogens is 303 g/mol. The van der Waals surface area contributed by atoms with Crippen molar-refractivity contribution >= 4 is 27.3 Å². The number of hydrogen-bond acceptors (Lipinski definition) is 3. The lowest BCUT2D eigenvalue weighted by atomic mass is 10.3. The number of nitrogens with two attached hydrogens (primary N) is 1. The number of sulfonamides is 1. The van der Waals surface area contributed by atoms with Gasteiger partial charge in [-0.1, -0.05) is 18.5 Å². The second-order valence-electron chi connectivity index (χ2n) is 5.11. The van der Waals surface area contributed by atoms with Crippen LogP contribution in [0.2, 0.25) is 5.02 Å². The van der Waals surface area contributed by atoms with Crippen molar-refractivity contribution in [2.75, 3.05) is 18.8 Å². The normalized spacial score (nSPS) is 15.8. The zero-order valence-electron chi connectivity index (χ0n) is 11.3. The highest BCUT2D eigenvalue weighted by atomic mass is 35.5. The predicted octanol–water partition coefficient (Wildman–Crippen LogP) is 2.87. The van der Waals surface area contributed by atoms with Gasteiger partial charge in [0.15, 0.2) is 0 Å². The van der Waals surface area contributed by atoms with Crippen molar-refractivity contribution in [3.63, 3.8) is 0 Å². The van der Waals surface area contributed by atoms with Crippen molar-refractivity contribution in [3.8, 4) is 0 Å². The van der Waals surface area contributed by atoms with Crippen LogP contribution in [0.3, 0.4) is 0 Å². The van der Waals surface area contributed by atoms with E-state index in [0.29, 0.717) is 25.4 Å². The first kappa shape index (κ1) is 15.5. The van der Waals surface area contributed by atoms with Gasteiger partial charge in [-0.15, -0.1) is 0 Å². The zero-order valence-corrected chi connectivity index (χ0v) is 12.8. The molecule has 0 atom stereocenters. The number of benzene rings is 1. The van der Waals surface area contributed by atoms with Crippen LogP contribution in [-0.2, 0) is 10.0 Å². The van der Waals surface area contributed by atoms with Gasteiger partial charge in [0.1, 0.15) is 10.7 Å². The van der Waals surface area contributed by atoms with Crippen molar-refractivity contribution in [3.05, 3.63) is 23.0 Å². The minimum Gasteiger partial charge on any atom is -0.396 e. The van der Waals surface area contributed by atoms with Gasteiger partial charge in [0, 0.05) is 13.1 Å². The van der Waals surface area contributed by atoms with Crippen LogP contribution in [0.4, 0.5) is 10.1 Å². The quantitative estimate of drug-likeness (QED) is 0.820. The molecule has 1 aromatic rings. The van der Waals surface area contributed by atoms with Gasteiger partial charge in [-0.2, -0.15) is 4.31 Å². The molecule has 0 unspecified atom stereocenters. The molecule has 1 fully saturated rings. The minimum atomic E-state index is -3.73. The number of hydrogen-bond donors (Lipinski definition) is 1. The third kappa shape index (κ3) is 3.24. The number of halogens is 2. The Balaban J connectivity index is 2.38. The van der Waals surface area contributed by atoms with E-state index >= 15 is 0 Å². The summed E-state index contributed by atoms with van der Waals surface area (Å²) >= 11 is 5.88. The number of nitrogens with zero attached hydrogens (tertiary/aromatic N) is 1. The second kappa shape index (κ2) is 5.87. The van der Waals surface area contributed by atoms with Crippen molar-refractivity contribution in [2.45, 2.75) is 31.1 Å². The van der Waals surface area contributed by atoms with E-state index in [1.807, 2.05) is 6.92 Å². The van der Waals surface area contributed by atoms with Crippen LogP contribution in [0.1, 0.15) is 26.2 Å². The summed E-state index contributed by atoms with van der Waals surface area (Å²) in [5.74, 6) is -0.286. The fraction of sp³-hybridized carbons (Fsp3) is 0.538. The average Bonchev–Trinajstić information content (AvgIpc) is 3.17. The fourth-order valence-corrected chi connectivity index (χ4v) is 4.16. The van der Waals surface area contributed by atoms with Crippen LogP contribution in [0.15, 0.2) is 17.0 Å². The topological polar surface area (TPSA) is 63.4 Å². The van der Waals surface area contributed by atoms with E-state index in [1.165, 1.54) is 4.31 Å². The maximum atomic E-state index is 13.3. The molecule has 20 heavy (non-hydrogen) atoms. The van der Waals surface area contributed by atoms with Crippen molar-refractivity contribution in [1.82, 2.24) is 4.31 Å². The van der Waals surface area contributed by atoms with E-state index in [-0.39, 0.29) is 15.6 Å². The molecule has 0 bridgehead atoms. The van der Waals surface area contributed by atoms with Gasteiger partial charge in [0.2, 0.25) is 10.0 Å². The van der Waals surface area contributed by atoms with Crippen LogP contribution >= 0.6 is 11.6 Å². The standard InChI is InChI=1S/C13H18ClFN2O2S/c1-2-5-17(8-9-3-4-9)20(18,19)13-7-12(16)11(15)6-10(13)14/h6-7,9H,2-5,8,16H2,1H3. The summed E-state index contributed by atoms with van der Waals surface area (Å²) < 4.78 is 40.0. The van der Waals surface area contributed by atoms with Gasteiger partial charge in [0.05, 0.1) is 10.7 Å². The van der Waals surface area contributed by atoms with Crippen LogP contribution < -0.4 is 5.73 Å². The predicted molar refractivity (Wildman–Crippen MR) is 77.6 cm³/mol. The Labute approximate surface area is 123 Å². The van der Waals surface area contributed by atoms with E-state index in [4.69, 9.17) is 17.3 Å². The Morgan fingerprint density at radius 1 is 1.45 bits per heavy atom. The van der Waals surface area contributed by atoms with Crippen molar-refractivity contribution < 1.29 is 12.8 Å². The molecule has 2 N–H and O–H groups in total. The summed E-state index contributed by atoms with van der Waals surface area (Å²) in [5, 5.41) is -0.131. The molecule has 0 spiro atoms. The van der Waals surface area contributed by atoms with Gasteiger partial charge in [-0.05, 0) is 37.3 Å². The molecule has 0 amide bonds. The smallest absolute Gasteiger partial charge is 0.244 e.